The Balaban J connectivity index is 1.49. The van der Waals surface area contributed by atoms with Crippen molar-refractivity contribution in [1.29, 1.82) is 0 Å². The van der Waals surface area contributed by atoms with E-state index in [-0.39, 0.29) is 0 Å². The zero-order valence-electron chi connectivity index (χ0n) is 22.3. The molecule has 8 nitrogen and oxygen atoms in total. The van der Waals surface area contributed by atoms with E-state index in [4.69, 9.17) is 27.9 Å². The van der Waals surface area contributed by atoms with Crippen LogP contribution in [0.3, 0.4) is 0 Å². The molecule has 0 fully saturated rings. The van der Waals surface area contributed by atoms with E-state index in [0.717, 1.165) is 33.2 Å². The van der Waals surface area contributed by atoms with Crippen molar-refractivity contribution >= 4 is 51.0 Å². The minimum atomic E-state index is -3.80. The highest BCUT2D eigenvalue weighted by molar-refractivity contribution is 7.92. The molecule has 11 heteroatoms. The highest BCUT2D eigenvalue weighted by Gasteiger charge is 2.29. The number of aromatic nitrogens is 1. The van der Waals surface area contributed by atoms with Crippen molar-refractivity contribution in [3.63, 3.8) is 0 Å². The van der Waals surface area contributed by atoms with E-state index < -0.39 is 22.0 Å². The maximum Gasteiger partial charge on any atom is 0.263 e. The summed E-state index contributed by atoms with van der Waals surface area (Å²) >= 11 is 12.4. The van der Waals surface area contributed by atoms with Gasteiger partial charge < -0.3 is 9.30 Å². The highest BCUT2D eigenvalue weighted by Crippen LogP contribution is 2.29. The van der Waals surface area contributed by atoms with Gasteiger partial charge >= 0.3 is 0 Å². The van der Waals surface area contributed by atoms with Crippen LogP contribution in [0.25, 0.3) is 5.69 Å². The van der Waals surface area contributed by atoms with Gasteiger partial charge in [-0.2, -0.15) is 5.10 Å². The van der Waals surface area contributed by atoms with Gasteiger partial charge in [-0.25, -0.2) is 13.8 Å². The number of carbonyl (C=O) groups excluding carboxylic acids is 1. The summed E-state index contributed by atoms with van der Waals surface area (Å²) in [5, 5.41) is 5.13. The van der Waals surface area contributed by atoms with Crippen LogP contribution < -0.4 is 14.5 Å². The van der Waals surface area contributed by atoms with Crippen LogP contribution >= 0.6 is 23.2 Å². The first-order chi connectivity index (χ1) is 19.0. The molecule has 4 rings (SSSR count). The molecule has 1 amide bonds. The molecule has 0 aliphatic heterocycles. The van der Waals surface area contributed by atoms with Crippen LogP contribution in [0.2, 0.25) is 10.0 Å². The van der Waals surface area contributed by atoms with E-state index in [2.05, 4.69) is 10.5 Å². The molecule has 208 valence electrons. The SMILES string of the molecule is Cc1cc(/C=N\NC(=O)[C@@H](C)N(c2ccc(Oc3ccccc3)cc2)S(C)(=O)=O)c(C)n1-c1ccc(Cl)cc1Cl. The Labute approximate surface area is 243 Å². The fourth-order valence-corrected chi connectivity index (χ4v) is 5.97. The fraction of sp³-hybridized carbons (Fsp3) is 0.172. The Morgan fingerprint density at radius 3 is 2.27 bits per heavy atom. The number of hydrogen-bond donors (Lipinski definition) is 1. The average molecular weight is 600 g/mol. The molecule has 0 bridgehead atoms. The summed E-state index contributed by atoms with van der Waals surface area (Å²) in [6, 6.07) is 21.8. The third-order valence-electron chi connectivity index (χ3n) is 6.16. The van der Waals surface area contributed by atoms with E-state index in [1.54, 1.807) is 36.4 Å². The molecule has 0 saturated carbocycles. The monoisotopic (exact) mass is 598 g/mol. The van der Waals surface area contributed by atoms with Crippen molar-refractivity contribution in [2.75, 3.05) is 10.6 Å². The summed E-state index contributed by atoms with van der Waals surface area (Å²) in [7, 11) is -3.80. The number of halogens is 2. The zero-order valence-corrected chi connectivity index (χ0v) is 24.6. The topological polar surface area (TPSA) is 93.0 Å². The van der Waals surface area contributed by atoms with Gasteiger partial charge in [0, 0.05) is 22.0 Å². The Hall–Kier alpha value is -3.79. The van der Waals surface area contributed by atoms with Gasteiger partial charge in [0.05, 0.1) is 28.9 Å². The van der Waals surface area contributed by atoms with Gasteiger partial charge in [0.2, 0.25) is 10.0 Å². The third-order valence-corrected chi connectivity index (χ3v) is 7.94. The minimum Gasteiger partial charge on any atom is -0.457 e. The first-order valence-electron chi connectivity index (χ1n) is 12.3. The minimum absolute atomic E-state index is 0.318. The second-order valence-corrected chi connectivity index (χ2v) is 11.8. The summed E-state index contributed by atoms with van der Waals surface area (Å²) in [4.78, 5) is 13.0. The Morgan fingerprint density at radius 1 is 1.00 bits per heavy atom. The number of aryl methyl sites for hydroxylation is 1. The Bertz CT molecular complexity index is 1650. The first-order valence-corrected chi connectivity index (χ1v) is 14.9. The molecule has 0 radical (unpaired) electrons. The number of nitrogens with zero attached hydrogens (tertiary/aromatic N) is 3. The van der Waals surface area contributed by atoms with Crippen molar-refractivity contribution in [2.45, 2.75) is 26.8 Å². The van der Waals surface area contributed by atoms with Gasteiger partial charge in [-0.1, -0.05) is 41.4 Å². The van der Waals surface area contributed by atoms with Crippen LogP contribution in [-0.2, 0) is 14.8 Å². The summed E-state index contributed by atoms with van der Waals surface area (Å²) < 4.78 is 34.1. The normalized spacial score (nSPS) is 12.3. The number of hydrazone groups is 1. The lowest BCUT2D eigenvalue weighted by atomic mass is 10.2. The smallest absolute Gasteiger partial charge is 0.263 e. The number of sulfonamides is 1. The van der Waals surface area contributed by atoms with Gasteiger partial charge in [0.1, 0.15) is 17.5 Å². The van der Waals surface area contributed by atoms with Crippen LogP contribution in [0.5, 0.6) is 11.5 Å². The van der Waals surface area contributed by atoms with E-state index >= 15 is 0 Å². The maximum atomic E-state index is 13.0. The summed E-state index contributed by atoms with van der Waals surface area (Å²) in [6.45, 7) is 5.32. The predicted octanol–water partition coefficient (Wildman–Crippen LogP) is 6.50. The van der Waals surface area contributed by atoms with Crippen molar-refractivity contribution in [1.82, 2.24) is 9.99 Å². The molecule has 1 atom stereocenters. The van der Waals surface area contributed by atoms with Crippen LogP contribution in [-0.4, -0.2) is 37.4 Å². The van der Waals surface area contributed by atoms with Gasteiger partial charge in [-0.15, -0.1) is 0 Å². The molecular weight excluding hydrogens is 571 g/mol. The van der Waals surface area contributed by atoms with Crippen LogP contribution in [0.15, 0.2) is 84.0 Å². The molecular formula is C29H28Cl2N4O4S. The van der Waals surface area contributed by atoms with Crippen molar-refractivity contribution in [3.8, 4) is 17.2 Å². The lowest BCUT2D eigenvalue weighted by Gasteiger charge is -2.27. The number of rotatable bonds is 9. The molecule has 0 unspecified atom stereocenters. The molecule has 1 N–H and O–H groups in total. The van der Waals surface area contributed by atoms with Crippen LogP contribution in [0, 0.1) is 13.8 Å². The zero-order chi connectivity index (χ0) is 29.0. The van der Waals surface area contributed by atoms with Gasteiger partial charge in [0.25, 0.3) is 5.91 Å². The lowest BCUT2D eigenvalue weighted by Crippen LogP contribution is -2.46. The van der Waals surface area contributed by atoms with Crippen LogP contribution in [0.1, 0.15) is 23.9 Å². The van der Waals surface area contributed by atoms with Crippen molar-refractivity contribution in [2.24, 2.45) is 5.10 Å². The van der Waals surface area contributed by atoms with Crippen molar-refractivity contribution < 1.29 is 17.9 Å². The van der Waals surface area contributed by atoms with E-state index in [9.17, 15) is 13.2 Å². The lowest BCUT2D eigenvalue weighted by molar-refractivity contribution is -0.121. The Kier molecular flexibility index (Phi) is 8.88. The van der Waals surface area contributed by atoms with E-state index in [0.29, 0.717) is 27.2 Å². The van der Waals surface area contributed by atoms with Gasteiger partial charge in [0.15, 0.2) is 0 Å². The number of anilines is 1. The molecule has 1 heterocycles. The predicted molar refractivity (Wildman–Crippen MR) is 161 cm³/mol. The number of benzene rings is 3. The van der Waals surface area contributed by atoms with Gasteiger partial charge in [-0.05, 0) is 81.4 Å². The van der Waals surface area contributed by atoms with Crippen LogP contribution in [0.4, 0.5) is 5.69 Å². The maximum absolute atomic E-state index is 13.0. The highest BCUT2D eigenvalue weighted by atomic mass is 35.5. The van der Waals surface area contributed by atoms with Crippen molar-refractivity contribution in [3.05, 3.63) is 106 Å². The summed E-state index contributed by atoms with van der Waals surface area (Å²) in [6.07, 6.45) is 2.55. The summed E-state index contributed by atoms with van der Waals surface area (Å²) in [5.41, 5.74) is 6.06. The number of nitrogens with one attached hydrogen (secondary N) is 1. The number of hydrogen-bond acceptors (Lipinski definition) is 5. The standard InChI is InChI=1S/C29H28Cl2N4O4S/c1-19-16-22(20(2)34(19)28-15-10-23(30)17-27(28)31)18-32-33-29(36)21(3)35(40(4,37)38)24-11-13-26(14-12-24)39-25-8-6-5-7-9-25/h5-18,21H,1-4H3,(H,33,36)/b32-18-/t21-/m1/s1. The average Bonchev–Trinajstić information content (AvgIpc) is 3.17. The molecule has 0 aliphatic carbocycles. The second kappa shape index (κ2) is 12.2. The number of carbonyl (C=O) groups is 1. The quantitative estimate of drug-likeness (QED) is 0.176. The largest absolute Gasteiger partial charge is 0.457 e. The van der Waals surface area contributed by atoms with Gasteiger partial charge in [-0.3, -0.25) is 9.10 Å². The molecule has 3 aromatic carbocycles. The second-order valence-electron chi connectivity index (χ2n) is 9.14. The third kappa shape index (κ3) is 6.67. The molecule has 4 aromatic rings. The number of ether oxygens (including phenoxy) is 1. The molecule has 0 saturated heterocycles. The van der Waals surface area contributed by atoms with E-state index in [1.807, 2.05) is 60.9 Å². The molecule has 0 spiro atoms. The van der Waals surface area contributed by atoms with E-state index in [1.165, 1.54) is 13.1 Å². The fourth-order valence-electron chi connectivity index (χ4n) is 4.31. The molecule has 0 aliphatic rings. The number of amides is 1. The summed E-state index contributed by atoms with van der Waals surface area (Å²) in [5.74, 6) is 0.585. The first kappa shape index (κ1) is 29.2. The molecule has 1 aromatic heterocycles. The molecule has 40 heavy (non-hydrogen) atoms. The Morgan fingerprint density at radius 2 is 1.65 bits per heavy atom. The number of para-hydroxylation sites is 1.